The Kier molecular flexibility index (Phi) is 6.38. The predicted molar refractivity (Wildman–Crippen MR) is 122 cm³/mol. The minimum Gasteiger partial charge on any atom is -0.300 e. The van der Waals surface area contributed by atoms with Gasteiger partial charge < -0.3 is 5.32 Å². The van der Waals surface area contributed by atoms with Gasteiger partial charge in [-0.15, -0.1) is 10.2 Å². The second-order valence-corrected chi connectivity index (χ2v) is 10.7. The number of halogens is 1. The van der Waals surface area contributed by atoms with Gasteiger partial charge in [0.25, 0.3) is 0 Å². The number of anilines is 1. The Balaban J connectivity index is 1.37. The molecule has 0 spiro atoms. The van der Waals surface area contributed by atoms with Crippen molar-refractivity contribution in [3.8, 4) is 10.6 Å². The van der Waals surface area contributed by atoms with E-state index in [2.05, 4.69) is 15.5 Å². The van der Waals surface area contributed by atoms with E-state index in [1.54, 1.807) is 30.3 Å². The number of carbonyl (C=O) groups excluding carboxylic acids is 1. The highest BCUT2D eigenvalue weighted by Crippen LogP contribution is 2.32. The van der Waals surface area contributed by atoms with Gasteiger partial charge in [-0.3, -0.25) is 4.79 Å². The van der Waals surface area contributed by atoms with E-state index in [0.717, 1.165) is 11.1 Å². The van der Waals surface area contributed by atoms with Crippen LogP contribution in [0.5, 0.6) is 0 Å². The Labute approximate surface area is 190 Å². The maximum absolute atomic E-state index is 12.8. The van der Waals surface area contributed by atoms with E-state index < -0.39 is 10.0 Å². The normalized spacial score (nSPS) is 15.7. The fourth-order valence-electron chi connectivity index (χ4n) is 3.44. The van der Waals surface area contributed by atoms with Crippen LogP contribution in [0.3, 0.4) is 0 Å². The van der Waals surface area contributed by atoms with Crippen LogP contribution in [-0.4, -0.2) is 41.9 Å². The molecule has 10 heteroatoms. The number of carbonyl (C=O) groups is 1. The summed E-state index contributed by atoms with van der Waals surface area (Å²) < 4.78 is 27.1. The third-order valence-corrected chi connectivity index (χ3v) is 8.36. The molecular weight excluding hydrogens is 456 g/mol. The summed E-state index contributed by atoms with van der Waals surface area (Å²) in [5, 5.41) is 12.6. The molecule has 0 unspecified atom stereocenters. The van der Waals surface area contributed by atoms with E-state index in [4.69, 9.17) is 11.6 Å². The summed E-state index contributed by atoms with van der Waals surface area (Å²) in [5.41, 5.74) is 1.76. The zero-order valence-electron chi connectivity index (χ0n) is 16.8. The van der Waals surface area contributed by atoms with Gasteiger partial charge >= 0.3 is 0 Å². The predicted octanol–water partition coefficient (Wildman–Crippen LogP) is 4.21. The van der Waals surface area contributed by atoms with E-state index in [1.165, 1.54) is 15.6 Å². The number of aryl methyl sites for hydroxylation is 1. The summed E-state index contributed by atoms with van der Waals surface area (Å²) in [5.74, 6) is -0.452. The quantitative estimate of drug-likeness (QED) is 0.595. The molecule has 2 heterocycles. The van der Waals surface area contributed by atoms with E-state index in [0.29, 0.717) is 41.1 Å². The van der Waals surface area contributed by atoms with Crippen molar-refractivity contribution in [3.63, 3.8) is 0 Å². The van der Waals surface area contributed by atoms with E-state index >= 15 is 0 Å². The number of rotatable bonds is 5. The Bertz CT molecular complexity index is 1190. The third kappa shape index (κ3) is 4.79. The Hall–Kier alpha value is -2.33. The molecule has 31 heavy (non-hydrogen) atoms. The summed E-state index contributed by atoms with van der Waals surface area (Å²) in [4.78, 5) is 13.0. The molecule has 1 aromatic heterocycles. The van der Waals surface area contributed by atoms with Gasteiger partial charge in [0.2, 0.25) is 21.1 Å². The molecule has 0 saturated carbocycles. The minimum atomic E-state index is -3.55. The molecule has 1 saturated heterocycles. The summed E-state index contributed by atoms with van der Waals surface area (Å²) in [7, 11) is -3.55. The van der Waals surface area contributed by atoms with Crippen LogP contribution in [0.2, 0.25) is 5.02 Å². The Morgan fingerprint density at radius 3 is 2.45 bits per heavy atom. The maximum Gasteiger partial charge on any atom is 0.243 e. The molecule has 1 amide bonds. The second-order valence-electron chi connectivity index (χ2n) is 7.37. The van der Waals surface area contributed by atoms with E-state index in [-0.39, 0.29) is 16.7 Å². The zero-order valence-corrected chi connectivity index (χ0v) is 19.2. The van der Waals surface area contributed by atoms with Gasteiger partial charge in [0.1, 0.15) is 0 Å². The SMILES string of the molecule is Cc1ccc(S(=O)(=O)N2CCC(C(=O)Nc3nnc(-c4ccccc4Cl)s3)CC2)cc1. The number of aromatic nitrogens is 2. The summed E-state index contributed by atoms with van der Waals surface area (Å²) in [6, 6.07) is 14.1. The number of hydrogen-bond donors (Lipinski definition) is 1. The number of sulfonamides is 1. The first-order valence-corrected chi connectivity index (χ1v) is 12.4. The van der Waals surface area contributed by atoms with Crippen molar-refractivity contribution in [1.29, 1.82) is 0 Å². The van der Waals surface area contributed by atoms with E-state index in [9.17, 15) is 13.2 Å². The second kappa shape index (κ2) is 9.04. The van der Waals surface area contributed by atoms with Gasteiger partial charge in [-0.25, -0.2) is 8.42 Å². The largest absolute Gasteiger partial charge is 0.300 e. The molecule has 0 bridgehead atoms. The van der Waals surface area contributed by atoms with Crippen molar-refractivity contribution in [3.05, 3.63) is 59.1 Å². The molecule has 0 radical (unpaired) electrons. The number of nitrogens with zero attached hydrogens (tertiary/aromatic N) is 3. The van der Waals surface area contributed by atoms with Crippen molar-refractivity contribution in [2.24, 2.45) is 5.92 Å². The molecular formula is C21H21ClN4O3S2. The highest BCUT2D eigenvalue weighted by Gasteiger charge is 2.32. The van der Waals surface area contributed by atoms with Gasteiger partial charge in [0, 0.05) is 24.6 Å². The lowest BCUT2D eigenvalue weighted by Gasteiger charge is -2.30. The zero-order chi connectivity index (χ0) is 22.0. The maximum atomic E-state index is 12.8. The lowest BCUT2D eigenvalue weighted by atomic mass is 9.97. The number of nitrogens with one attached hydrogen (secondary N) is 1. The average molecular weight is 477 g/mol. The van der Waals surface area contributed by atoms with Gasteiger partial charge in [-0.1, -0.05) is 58.8 Å². The number of amides is 1. The lowest BCUT2D eigenvalue weighted by Crippen LogP contribution is -2.41. The van der Waals surface area contributed by atoms with Gasteiger partial charge in [0.05, 0.1) is 9.92 Å². The number of hydrogen-bond acceptors (Lipinski definition) is 6. The van der Waals surface area contributed by atoms with Crippen LogP contribution < -0.4 is 5.32 Å². The molecule has 4 rings (SSSR count). The average Bonchev–Trinajstić information content (AvgIpc) is 3.22. The third-order valence-electron chi connectivity index (χ3n) is 5.24. The van der Waals surface area contributed by atoms with Crippen LogP contribution in [-0.2, 0) is 14.8 Å². The minimum absolute atomic E-state index is 0.172. The van der Waals surface area contributed by atoms with Crippen LogP contribution in [0.4, 0.5) is 5.13 Å². The van der Waals surface area contributed by atoms with Crippen molar-refractivity contribution in [2.45, 2.75) is 24.7 Å². The van der Waals surface area contributed by atoms with Crippen molar-refractivity contribution >= 4 is 44.0 Å². The van der Waals surface area contributed by atoms with Gasteiger partial charge in [-0.05, 0) is 38.0 Å². The smallest absolute Gasteiger partial charge is 0.243 e. The molecule has 1 aliphatic heterocycles. The van der Waals surface area contributed by atoms with Gasteiger partial charge in [-0.2, -0.15) is 4.31 Å². The molecule has 2 aromatic carbocycles. The first-order chi connectivity index (χ1) is 14.8. The molecule has 1 N–H and O–H groups in total. The number of benzene rings is 2. The summed E-state index contributed by atoms with van der Waals surface area (Å²) >= 11 is 7.45. The Morgan fingerprint density at radius 2 is 1.77 bits per heavy atom. The highest BCUT2D eigenvalue weighted by atomic mass is 35.5. The van der Waals surface area contributed by atoms with E-state index in [1.807, 2.05) is 25.1 Å². The first-order valence-electron chi connectivity index (χ1n) is 9.80. The van der Waals surface area contributed by atoms with Crippen LogP contribution >= 0.6 is 22.9 Å². The van der Waals surface area contributed by atoms with Crippen LogP contribution in [0.1, 0.15) is 18.4 Å². The van der Waals surface area contributed by atoms with Crippen LogP contribution in [0.15, 0.2) is 53.4 Å². The lowest BCUT2D eigenvalue weighted by molar-refractivity contribution is -0.120. The molecule has 1 aliphatic rings. The van der Waals surface area contributed by atoms with Crippen LogP contribution in [0.25, 0.3) is 10.6 Å². The fourth-order valence-corrected chi connectivity index (χ4v) is 5.98. The molecule has 1 fully saturated rings. The summed E-state index contributed by atoms with van der Waals surface area (Å²) in [6.07, 6.45) is 0.903. The highest BCUT2D eigenvalue weighted by molar-refractivity contribution is 7.89. The monoisotopic (exact) mass is 476 g/mol. The molecule has 0 atom stereocenters. The first kappa shape index (κ1) is 21.9. The van der Waals surface area contributed by atoms with Crippen molar-refractivity contribution in [1.82, 2.24) is 14.5 Å². The molecule has 3 aromatic rings. The van der Waals surface area contributed by atoms with Crippen LogP contribution in [0, 0.1) is 12.8 Å². The number of piperidine rings is 1. The molecule has 7 nitrogen and oxygen atoms in total. The molecule has 0 aliphatic carbocycles. The van der Waals surface area contributed by atoms with Crippen molar-refractivity contribution < 1.29 is 13.2 Å². The standard InChI is InChI=1S/C21H21ClN4O3S2/c1-14-6-8-16(9-7-14)31(28,29)26-12-10-15(11-13-26)19(27)23-21-25-24-20(30-21)17-4-2-3-5-18(17)22/h2-9,15H,10-13H2,1H3,(H,23,25,27). The topological polar surface area (TPSA) is 92.3 Å². The summed E-state index contributed by atoms with van der Waals surface area (Å²) in [6.45, 7) is 2.51. The fraction of sp³-hybridized carbons (Fsp3) is 0.286. The molecule has 162 valence electrons. The van der Waals surface area contributed by atoms with Gasteiger partial charge in [0.15, 0.2) is 5.01 Å². The van der Waals surface area contributed by atoms with Crippen molar-refractivity contribution in [2.75, 3.05) is 18.4 Å². The Morgan fingerprint density at radius 1 is 1.10 bits per heavy atom.